The lowest BCUT2D eigenvalue weighted by Crippen LogP contribution is -2.49. The second-order valence-electron chi connectivity index (χ2n) is 4.54. The lowest BCUT2D eigenvalue weighted by molar-refractivity contribution is -0.123. The summed E-state index contributed by atoms with van der Waals surface area (Å²) < 4.78 is 0. The van der Waals surface area contributed by atoms with E-state index < -0.39 is 0 Å². The zero-order valence-electron chi connectivity index (χ0n) is 10.7. The van der Waals surface area contributed by atoms with Gasteiger partial charge in [-0.15, -0.1) is 11.3 Å². The van der Waals surface area contributed by atoms with Gasteiger partial charge in [-0.1, -0.05) is 0 Å². The molecule has 0 unspecified atom stereocenters. The smallest absolute Gasteiger partial charge is 0.264 e. The molecule has 8 heteroatoms. The summed E-state index contributed by atoms with van der Waals surface area (Å²) in [6, 6.07) is 0. The SMILES string of the molecule is Cc1c(C(=O)N2CCNC(=O)C2)sc2nc[nH]c(=O)c12. The van der Waals surface area contributed by atoms with E-state index in [1.165, 1.54) is 22.6 Å². The fraction of sp³-hybridized carbons (Fsp3) is 0.333. The Morgan fingerprint density at radius 2 is 2.25 bits per heavy atom. The summed E-state index contributed by atoms with van der Waals surface area (Å²) in [5.41, 5.74) is 0.370. The van der Waals surface area contributed by atoms with Gasteiger partial charge in [-0.05, 0) is 12.5 Å². The molecule has 2 N–H and O–H groups in total. The van der Waals surface area contributed by atoms with E-state index in [-0.39, 0.29) is 23.9 Å². The highest BCUT2D eigenvalue weighted by Crippen LogP contribution is 2.27. The quantitative estimate of drug-likeness (QED) is 0.765. The fourth-order valence-corrected chi connectivity index (χ4v) is 3.36. The summed E-state index contributed by atoms with van der Waals surface area (Å²) in [6.45, 7) is 2.71. The van der Waals surface area contributed by atoms with Gasteiger partial charge in [-0.2, -0.15) is 0 Å². The van der Waals surface area contributed by atoms with Crippen molar-refractivity contribution in [3.63, 3.8) is 0 Å². The predicted molar refractivity (Wildman–Crippen MR) is 73.9 cm³/mol. The van der Waals surface area contributed by atoms with Crippen LogP contribution in [0, 0.1) is 6.92 Å². The molecule has 0 saturated carbocycles. The number of nitrogens with one attached hydrogen (secondary N) is 2. The van der Waals surface area contributed by atoms with Gasteiger partial charge >= 0.3 is 0 Å². The van der Waals surface area contributed by atoms with Gasteiger partial charge in [0.2, 0.25) is 5.91 Å². The zero-order chi connectivity index (χ0) is 14.3. The third-order valence-electron chi connectivity index (χ3n) is 3.25. The molecule has 2 aromatic heterocycles. The van der Waals surface area contributed by atoms with Crippen molar-refractivity contribution in [3.05, 3.63) is 27.1 Å². The molecule has 3 heterocycles. The highest BCUT2D eigenvalue weighted by Gasteiger charge is 2.26. The van der Waals surface area contributed by atoms with Gasteiger partial charge < -0.3 is 15.2 Å². The molecule has 0 aliphatic carbocycles. The van der Waals surface area contributed by atoms with Crippen LogP contribution in [0.4, 0.5) is 0 Å². The number of thiophene rings is 1. The highest BCUT2D eigenvalue weighted by molar-refractivity contribution is 7.20. The van der Waals surface area contributed by atoms with Crippen LogP contribution in [0.3, 0.4) is 0 Å². The van der Waals surface area contributed by atoms with Gasteiger partial charge in [0.1, 0.15) is 4.83 Å². The maximum Gasteiger partial charge on any atom is 0.264 e. The molecule has 0 bridgehead atoms. The molecule has 2 amide bonds. The number of rotatable bonds is 1. The molecule has 0 aromatic carbocycles. The molecular formula is C12H12N4O3S. The molecule has 0 radical (unpaired) electrons. The first-order valence-corrected chi connectivity index (χ1v) is 6.92. The molecule has 1 fully saturated rings. The van der Waals surface area contributed by atoms with Gasteiger partial charge in [-0.25, -0.2) is 4.98 Å². The number of aromatic nitrogens is 2. The summed E-state index contributed by atoms with van der Waals surface area (Å²) in [5.74, 6) is -0.390. The van der Waals surface area contributed by atoms with Crippen molar-refractivity contribution in [1.29, 1.82) is 0 Å². The summed E-state index contributed by atoms with van der Waals surface area (Å²) in [7, 11) is 0. The largest absolute Gasteiger partial charge is 0.353 e. The standard InChI is InChI=1S/C12H12N4O3S/c1-6-8-10(18)14-5-15-11(8)20-9(6)12(19)16-3-2-13-7(17)4-16/h5H,2-4H2,1H3,(H,13,17)(H,14,15,18). The normalized spacial score (nSPS) is 15.4. The number of aromatic amines is 1. The maximum atomic E-state index is 12.5. The van der Waals surface area contributed by atoms with E-state index >= 15 is 0 Å². The van der Waals surface area contributed by atoms with Gasteiger partial charge in [0.15, 0.2) is 0 Å². The van der Waals surface area contributed by atoms with Gasteiger partial charge in [-0.3, -0.25) is 14.4 Å². The van der Waals surface area contributed by atoms with Crippen LogP contribution < -0.4 is 10.9 Å². The first-order valence-electron chi connectivity index (χ1n) is 6.10. The van der Waals surface area contributed by atoms with Gasteiger partial charge in [0, 0.05) is 13.1 Å². The second-order valence-corrected chi connectivity index (χ2v) is 5.54. The van der Waals surface area contributed by atoms with Gasteiger partial charge in [0.05, 0.1) is 23.1 Å². The van der Waals surface area contributed by atoms with Crippen molar-refractivity contribution < 1.29 is 9.59 Å². The molecule has 7 nitrogen and oxygen atoms in total. The number of aryl methyl sites for hydroxylation is 1. The van der Waals surface area contributed by atoms with Crippen molar-refractivity contribution >= 4 is 33.4 Å². The number of amides is 2. The number of fused-ring (bicyclic) bond motifs is 1. The third-order valence-corrected chi connectivity index (χ3v) is 4.44. The minimum Gasteiger partial charge on any atom is -0.353 e. The van der Waals surface area contributed by atoms with Crippen LogP contribution in [0.5, 0.6) is 0 Å². The summed E-state index contributed by atoms with van der Waals surface area (Å²) in [4.78, 5) is 44.7. The number of hydrogen-bond donors (Lipinski definition) is 2. The Labute approximate surface area is 117 Å². The minimum atomic E-state index is -0.251. The Hall–Kier alpha value is -2.22. The first kappa shape index (κ1) is 12.8. The Balaban J connectivity index is 2.04. The van der Waals surface area contributed by atoms with Crippen LogP contribution >= 0.6 is 11.3 Å². The Morgan fingerprint density at radius 1 is 1.45 bits per heavy atom. The van der Waals surface area contributed by atoms with E-state index in [0.29, 0.717) is 33.7 Å². The maximum absolute atomic E-state index is 12.5. The van der Waals surface area contributed by atoms with Crippen LogP contribution in [0.15, 0.2) is 11.1 Å². The number of carbonyl (C=O) groups excluding carboxylic acids is 2. The topological polar surface area (TPSA) is 95.2 Å². The summed E-state index contributed by atoms with van der Waals surface area (Å²) in [6.07, 6.45) is 1.32. The number of hydrogen-bond acceptors (Lipinski definition) is 5. The van der Waals surface area contributed by atoms with E-state index in [0.717, 1.165) is 0 Å². The van der Waals surface area contributed by atoms with Crippen molar-refractivity contribution in [2.75, 3.05) is 19.6 Å². The number of carbonyl (C=O) groups is 2. The molecular weight excluding hydrogens is 280 g/mol. The van der Waals surface area contributed by atoms with Crippen molar-refractivity contribution in [2.24, 2.45) is 0 Å². The van der Waals surface area contributed by atoms with Crippen molar-refractivity contribution in [2.45, 2.75) is 6.92 Å². The van der Waals surface area contributed by atoms with E-state index in [4.69, 9.17) is 0 Å². The fourth-order valence-electron chi connectivity index (χ4n) is 2.24. The van der Waals surface area contributed by atoms with E-state index in [2.05, 4.69) is 15.3 Å². The summed E-state index contributed by atoms with van der Waals surface area (Å²) in [5, 5.41) is 3.12. The first-order chi connectivity index (χ1) is 9.58. The molecule has 2 aromatic rings. The van der Waals surface area contributed by atoms with Crippen LogP contribution in [-0.4, -0.2) is 46.3 Å². The Bertz CT molecular complexity index is 764. The average Bonchev–Trinajstić information content (AvgIpc) is 2.76. The summed E-state index contributed by atoms with van der Waals surface area (Å²) >= 11 is 1.19. The monoisotopic (exact) mass is 292 g/mol. The van der Waals surface area contributed by atoms with E-state index in [1.807, 2.05) is 0 Å². The Morgan fingerprint density at radius 3 is 2.95 bits per heavy atom. The molecule has 1 aliphatic rings. The number of piperazine rings is 1. The Kier molecular flexibility index (Phi) is 3.01. The van der Waals surface area contributed by atoms with E-state index in [9.17, 15) is 14.4 Å². The van der Waals surface area contributed by atoms with E-state index in [1.54, 1.807) is 6.92 Å². The zero-order valence-corrected chi connectivity index (χ0v) is 11.5. The van der Waals surface area contributed by atoms with Crippen LogP contribution in [0.2, 0.25) is 0 Å². The molecule has 1 aliphatic heterocycles. The minimum absolute atomic E-state index is 0.0519. The lowest BCUT2D eigenvalue weighted by Gasteiger charge is -2.26. The number of nitrogens with zero attached hydrogens (tertiary/aromatic N) is 2. The molecule has 20 heavy (non-hydrogen) atoms. The predicted octanol–water partition coefficient (Wildman–Crippen LogP) is -0.135. The van der Waals surface area contributed by atoms with Gasteiger partial charge in [0.25, 0.3) is 11.5 Å². The lowest BCUT2D eigenvalue weighted by atomic mass is 10.2. The second kappa shape index (κ2) is 4.71. The van der Waals surface area contributed by atoms with Crippen LogP contribution in [0.1, 0.15) is 15.2 Å². The molecule has 0 atom stereocenters. The molecule has 0 spiro atoms. The third kappa shape index (κ3) is 1.97. The molecule has 1 saturated heterocycles. The van der Waals surface area contributed by atoms with Crippen LogP contribution in [0.25, 0.3) is 10.2 Å². The highest BCUT2D eigenvalue weighted by atomic mass is 32.1. The average molecular weight is 292 g/mol. The number of H-pyrrole nitrogens is 1. The van der Waals surface area contributed by atoms with Crippen molar-refractivity contribution in [1.82, 2.24) is 20.2 Å². The van der Waals surface area contributed by atoms with Crippen molar-refractivity contribution in [3.8, 4) is 0 Å². The molecule has 104 valence electrons. The molecule has 3 rings (SSSR count). The van der Waals surface area contributed by atoms with Crippen LogP contribution in [-0.2, 0) is 4.79 Å².